The number of hydrogen-bond acceptors (Lipinski definition) is 5. The molecule has 0 spiro atoms. The molecule has 0 bridgehead atoms. The lowest BCUT2D eigenvalue weighted by Crippen LogP contribution is -1.89. The maximum Gasteiger partial charge on any atom is 0.239 e. The molecule has 13 heavy (non-hydrogen) atoms. The van der Waals surface area contributed by atoms with Gasteiger partial charge in [0.25, 0.3) is 0 Å². The Morgan fingerprint density at radius 2 is 1.46 bits per heavy atom. The first-order chi connectivity index (χ1) is 6.41. The van der Waals surface area contributed by atoms with Gasteiger partial charge in [-0.05, 0) is 12.2 Å². The van der Waals surface area contributed by atoms with Gasteiger partial charge in [-0.3, -0.25) is 0 Å². The minimum atomic E-state index is 0.334. The zero-order chi connectivity index (χ0) is 9.78. The summed E-state index contributed by atoms with van der Waals surface area (Å²) in [4.78, 5) is 25.5. The molecule has 0 aliphatic carbocycles. The van der Waals surface area contributed by atoms with Crippen LogP contribution >= 0.6 is 0 Å². The second-order valence-corrected chi connectivity index (χ2v) is 1.75. The van der Waals surface area contributed by atoms with Gasteiger partial charge in [-0.2, -0.15) is 9.98 Å². The second kappa shape index (κ2) is 10.2. The molecule has 0 heterocycles. The summed E-state index contributed by atoms with van der Waals surface area (Å²) < 4.78 is 4.97. The molecule has 0 aromatic rings. The predicted octanol–water partition coefficient (Wildman–Crippen LogP) is 0.702. The summed E-state index contributed by atoms with van der Waals surface area (Å²) >= 11 is 0. The molecule has 0 rings (SSSR count). The maximum absolute atomic E-state index is 9.57. The molecule has 0 saturated carbocycles. The van der Waals surface area contributed by atoms with Crippen molar-refractivity contribution < 1.29 is 14.3 Å². The van der Waals surface area contributed by atoms with Crippen molar-refractivity contribution in [3.8, 4) is 0 Å². The Balaban J connectivity index is 3.35. The van der Waals surface area contributed by atoms with Gasteiger partial charge in [0.1, 0.15) is 0 Å². The van der Waals surface area contributed by atoms with Crippen LogP contribution in [0.1, 0.15) is 0 Å². The Morgan fingerprint density at radius 3 is 1.85 bits per heavy atom. The Bertz CT molecular complexity index is 243. The summed E-state index contributed by atoms with van der Waals surface area (Å²) in [5.41, 5.74) is 0. The van der Waals surface area contributed by atoms with Crippen molar-refractivity contribution in [1.82, 2.24) is 0 Å². The van der Waals surface area contributed by atoms with Gasteiger partial charge < -0.3 is 4.74 Å². The number of rotatable bonds is 6. The van der Waals surface area contributed by atoms with Crippen LogP contribution in [0.15, 0.2) is 34.5 Å². The summed E-state index contributed by atoms with van der Waals surface area (Å²) in [6.07, 6.45) is 8.39. The quantitative estimate of drug-likeness (QED) is 0.343. The highest BCUT2D eigenvalue weighted by Crippen LogP contribution is 1.80. The number of aliphatic imine (C=N–C) groups is 2. The summed E-state index contributed by atoms with van der Waals surface area (Å²) in [6, 6.07) is 0. The predicted molar refractivity (Wildman–Crippen MR) is 45.3 cm³/mol. The number of nitrogens with zero attached hydrogens (tertiary/aromatic N) is 2. The third kappa shape index (κ3) is 10.2. The normalized spacial score (nSPS) is 9.85. The van der Waals surface area contributed by atoms with Crippen molar-refractivity contribution >= 4 is 12.2 Å². The smallest absolute Gasteiger partial charge is 0.239 e. The molecule has 0 unspecified atom stereocenters. The van der Waals surface area contributed by atoms with E-state index in [-0.39, 0.29) is 0 Å². The van der Waals surface area contributed by atoms with Gasteiger partial charge in [-0.15, -0.1) is 0 Å². The van der Waals surface area contributed by atoms with Gasteiger partial charge in [0.2, 0.25) is 12.2 Å². The molecular weight excluding hydrogens is 172 g/mol. The Kier molecular flexibility index (Phi) is 8.79. The van der Waals surface area contributed by atoms with Crippen LogP contribution in [0.25, 0.3) is 0 Å². The highest BCUT2D eigenvalue weighted by atomic mass is 16.5. The van der Waals surface area contributed by atoms with E-state index in [1.807, 2.05) is 0 Å². The molecule has 0 aromatic heterocycles. The Hall–Kier alpha value is -1.80. The molecule has 0 saturated heterocycles. The lowest BCUT2D eigenvalue weighted by molar-refractivity contribution is 0.193. The van der Waals surface area contributed by atoms with Gasteiger partial charge in [-0.1, -0.05) is 0 Å². The third-order valence-electron chi connectivity index (χ3n) is 0.893. The summed E-state index contributed by atoms with van der Waals surface area (Å²) in [5.74, 6) is 0. The maximum atomic E-state index is 9.57. The van der Waals surface area contributed by atoms with Crippen LogP contribution < -0.4 is 0 Å². The van der Waals surface area contributed by atoms with Crippen LogP contribution in [0.5, 0.6) is 0 Å². The molecular formula is C8H8N2O3. The molecule has 5 nitrogen and oxygen atoms in total. The van der Waals surface area contributed by atoms with Crippen LogP contribution in [-0.2, 0) is 14.3 Å². The van der Waals surface area contributed by atoms with Crippen LogP contribution in [0.3, 0.4) is 0 Å². The van der Waals surface area contributed by atoms with E-state index in [0.29, 0.717) is 13.2 Å². The van der Waals surface area contributed by atoms with Crippen molar-refractivity contribution in [3.05, 3.63) is 24.6 Å². The van der Waals surface area contributed by atoms with Crippen molar-refractivity contribution in [2.75, 3.05) is 13.2 Å². The monoisotopic (exact) mass is 180 g/mol. The van der Waals surface area contributed by atoms with E-state index < -0.39 is 0 Å². The van der Waals surface area contributed by atoms with E-state index >= 15 is 0 Å². The lowest BCUT2D eigenvalue weighted by Gasteiger charge is -1.91. The first-order valence-corrected chi connectivity index (χ1v) is 3.43. The van der Waals surface area contributed by atoms with E-state index in [9.17, 15) is 9.59 Å². The average Bonchev–Trinajstić information content (AvgIpc) is 2.16. The Labute approximate surface area is 75.1 Å². The zero-order valence-electron chi connectivity index (χ0n) is 6.84. The molecule has 0 aliphatic heterocycles. The summed E-state index contributed by atoms with van der Waals surface area (Å²) in [6.45, 7) is 0.667. The Morgan fingerprint density at radius 1 is 1.00 bits per heavy atom. The fourth-order valence-electron chi connectivity index (χ4n) is 0.456. The molecule has 5 heteroatoms. The van der Waals surface area contributed by atoms with Crippen LogP contribution in [-0.4, -0.2) is 25.4 Å². The van der Waals surface area contributed by atoms with Gasteiger partial charge in [0.15, 0.2) is 0 Å². The minimum absolute atomic E-state index is 0.334. The van der Waals surface area contributed by atoms with E-state index in [0.717, 1.165) is 0 Å². The van der Waals surface area contributed by atoms with E-state index in [1.165, 1.54) is 24.6 Å². The zero-order valence-corrected chi connectivity index (χ0v) is 6.84. The topological polar surface area (TPSA) is 68.1 Å². The number of ether oxygens (including phenoxy) is 1. The number of carbonyl (C=O) groups excluding carboxylic acids is 2. The van der Waals surface area contributed by atoms with E-state index in [4.69, 9.17) is 4.74 Å². The molecule has 0 radical (unpaired) electrons. The van der Waals surface area contributed by atoms with Crippen LogP contribution in [0.4, 0.5) is 0 Å². The van der Waals surface area contributed by atoms with Gasteiger partial charge >= 0.3 is 0 Å². The van der Waals surface area contributed by atoms with Gasteiger partial charge in [0.05, 0.1) is 13.2 Å². The summed E-state index contributed by atoms with van der Waals surface area (Å²) in [7, 11) is 0. The van der Waals surface area contributed by atoms with Crippen LogP contribution in [0, 0.1) is 0 Å². The van der Waals surface area contributed by atoms with Crippen molar-refractivity contribution in [2.45, 2.75) is 0 Å². The highest BCUT2D eigenvalue weighted by Gasteiger charge is 1.76. The molecule has 68 valence electrons. The fourth-order valence-corrected chi connectivity index (χ4v) is 0.456. The van der Waals surface area contributed by atoms with Gasteiger partial charge in [0, 0.05) is 12.4 Å². The van der Waals surface area contributed by atoms with E-state index in [2.05, 4.69) is 9.98 Å². The standard InChI is InChI=1S/C8H8N2O3/c11-7-9-3-1-5-13-6-2-4-10-8-12/h1-4H,5-6H2. The van der Waals surface area contributed by atoms with Crippen molar-refractivity contribution in [1.29, 1.82) is 0 Å². The SMILES string of the molecule is O=C=NC=CCOCC=CN=C=O. The average molecular weight is 180 g/mol. The number of isocyanates is 2. The largest absolute Gasteiger partial charge is 0.373 e. The summed E-state index contributed by atoms with van der Waals surface area (Å²) in [5, 5.41) is 0. The van der Waals surface area contributed by atoms with Crippen molar-refractivity contribution in [3.63, 3.8) is 0 Å². The van der Waals surface area contributed by atoms with Gasteiger partial charge in [-0.25, -0.2) is 9.59 Å². The van der Waals surface area contributed by atoms with Crippen LogP contribution in [0.2, 0.25) is 0 Å². The molecule has 0 amide bonds. The number of hydrogen-bond donors (Lipinski definition) is 0. The molecule has 0 fully saturated rings. The first kappa shape index (κ1) is 11.2. The molecule has 0 aromatic carbocycles. The van der Waals surface area contributed by atoms with Crippen molar-refractivity contribution in [2.24, 2.45) is 9.98 Å². The second-order valence-electron chi connectivity index (χ2n) is 1.75. The third-order valence-corrected chi connectivity index (χ3v) is 0.893. The lowest BCUT2D eigenvalue weighted by atomic mass is 10.6. The molecule has 0 aliphatic rings. The highest BCUT2D eigenvalue weighted by molar-refractivity contribution is 5.34. The minimum Gasteiger partial charge on any atom is -0.373 e. The first-order valence-electron chi connectivity index (χ1n) is 3.43. The molecule has 0 atom stereocenters. The molecule has 0 N–H and O–H groups in total. The van der Waals surface area contributed by atoms with E-state index in [1.54, 1.807) is 12.2 Å². The fraction of sp³-hybridized carbons (Fsp3) is 0.250.